The van der Waals surface area contributed by atoms with Gasteiger partial charge in [-0.05, 0) is 25.1 Å². The van der Waals surface area contributed by atoms with Gasteiger partial charge in [0.05, 0.1) is 19.2 Å². The first-order valence-electron chi connectivity index (χ1n) is 9.52. The van der Waals surface area contributed by atoms with E-state index >= 15 is 0 Å². The zero-order valence-corrected chi connectivity index (χ0v) is 17.2. The molecule has 0 saturated carbocycles. The molecule has 1 aliphatic heterocycles. The first-order chi connectivity index (χ1) is 13.9. The topological polar surface area (TPSA) is 98.0 Å². The van der Waals surface area contributed by atoms with Gasteiger partial charge in [-0.1, -0.05) is 5.16 Å². The smallest absolute Gasteiger partial charge is 0.257 e. The van der Waals surface area contributed by atoms with Crippen molar-refractivity contribution in [1.29, 1.82) is 0 Å². The molecule has 29 heavy (non-hydrogen) atoms. The molecule has 1 aromatic carbocycles. The molecule has 0 unspecified atom stereocenters. The minimum absolute atomic E-state index is 0.0607. The van der Waals surface area contributed by atoms with Crippen molar-refractivity contribution >= 4 is 11.8 Å². The number of hydrogen-bond donors (Lipinski definition) is 0. The van der Waals surface area contributed by atoms with Crippen LogP contribution in [0.5, 0.6) is 11.5 Å². The molecule has 0 radical (unpaired) electrons. The van der Waals surface area contributed by atoms with Crippen LogP contribution in [-0.4, -0.2) is 65.1 Å². The van der Waals surface area contributed by atoms with E-state index in [4.69, 9.17) is 14.0 Å². The molecule has 1 aliphatic rings. The SMILES string of the molecule is COc1ccc(OC2CCN(C(C)=O)CC2)c(C(=O)N(C)Cc2nc(C)no2)c1. The second-order valence-corrected chi connectivity index (χ2v) is 7.08. The van der Waals surface area contributed by atoms with Crippen LogP contribution in [0, 0.1) is 6.92 Å². The quantitative estimate of drug-likeness (QED) is 0.729. The summed E-state index contributed by atoms with van der Waals surface area (Å²) in [4.78, 5) is 32.0. The highest BCUT2D eigenvalue weighted by atomic mass is 16.5. The maximum absolute atomic E-state index is 13.1. The molecule has 9 nitrogen and oxygen atoms in total. The lowest BCUT2D eigenvalue weighted by molar-refractivity contribution is -0.130. The zero-order valence-electron chi connectivity index (χ0n) is 17.2. The molecule has 2 heterocycles. The lowest BCUT2D eigenvalue weighted by atomic mass is 10.1. The van der Waals surface area contributed by atoms with E-state index in [1.165, 1.54) is 4.90 Å². The van der Waals surface area contributed by atoms with Crippen LogP contribution in [0.3, 0.4) is 0 Å². The number of nitrogens with zero attached hydrogens (tertiary/aromatic N) is 4. The summed E-state index contributed by atoms with van der Waals surface area (Å²) in [5.74, 6) is 1.76. The Morgan fingerprint density at radius 3 is 2.62 bits per heavy atom. The highest BCUT2D eigenvalue weighted by molar-refractivity contribution is 5.97. The van der Waals surface area contributed by atoms with Crippen molar-refractivity contribution in [2.24, 2.45) is 0 Å². The fourth-order valence-corrected chi connectivity index (χ4v) is 3.26. The van der Waals surface area contributed by atoms with Gasteiger partial charge in [-0.2, -0.15) is 4.98 Å². The first kappa shape index (κ1) is 20.6. The van der Waals surface area contributed by atoms with Crippen molar-refractivity contribution in [2.45, 2.75) is 39.3 Å². The summed E-state index contributed by atoms with van der Waals surface area (Å²) in [6.07, 6.45) is 1.38. The highest BCUT2D eigenvalue weighted by Gasteiger charge is 2.25. The second-order valence-electron chi connectivity index (χ2n) is 7.08. The number of benzene rings is 1. The van der Waals surface area contributed by atoms with Gasteiger partial charge >= 0.3 is 0 Å². The Balaban J connectivity index is 1.74. The number of carbonyl (C=O) groups is 2. The monoisotopic (exact) mass is 402 g/mol. The van der Waals surface area contributed by atoms with E-state index in [1.807, 2.05) is 0 Å². The van der Waals surface area contributed by atoms with Gasteiger partial charge in [0.25, 0.3) is 5.91 Å². The Morgan fingerprint density at radius 1 is 1.31 bits per heavy atom. The number of aromatic nitrogens is 2. The Morgan fingerprint density at radius 2 is 2.03 bits per heavy atom. The summed E-state index contributed by atoms with van der Waals surface area (Å²) >= 11 is 0. The molecule has 1 fully saturated rings. The molecule has 9 heteroatoms. The average Bonchev–Trinajstić information content (AvgIpc) is 3.12. The van der Waals surface area contributed by atoms with Crippen molar-refractivity contribution in [3.8, 4) is 11.5 Å². The van der Waals surface area contributed by atoms with Gasteiger partial charge in [-0.3, -0.25) is 9.59 Å². The number of piperidine rings is 1. The maximum atomic E-state index is 13.1. The van der Waals surface area contributed by atoms with E-state index in [2.05, 4.69) is 10.1 Å². The number of likely N-dealkylation sites (tertiary alicyclic amines) is 1. The largest absolute Gasteiger partial charge is 0.497 e. The molecule has 3 rings (SSSR count). The van der Waals surface area contributed by atoms with Crippen LogP contribution in [0.1, 0.15) is 41.8 Å². The molecule has 0 aliphatic carbocycles. The minimum Gasteiger partial charge on any atom is -0.497 e. The van der Waals surface area contributed by atoms with Crippen molar-refractivity contribution in [1.82, 2.24) is 19.9 Å². The molecule has 2 amide bonds. The zero-order chi connectivity index (χ0) is 21.0. The lowest BCUT2D eigenvalue weighted by Crippen LogP contribution is -2.40. The van der Waals surface area contributed by atoms with Gasteiger partial charge < -0.3 is 23.8 Å². The second kappa shape index (κ2) is 8.93. The predicted octanol–water partition coefficient (Wildman–Crippen LogP) is 2.05. The number of carbonyl (C=O) groups excluding carboxylic acids is 2. The van der Waals surface area contributed by atoms with Crippen LogP contribution in [0.25, 0.3) is 0 Å². The van der Waals surface area contributed by atoms with Crippen LogP contribution < -0.4 is 9.47 Å². The number of aryl methyl sites for hydroxylation is 1. The number of hydrogen-bond acceptors (Lipinski definition) is 7. The van der Waals surface area contributed by atoms with Crippen molar-refractivity contribution in [3.63, 3.8) is 0 Å². The van der Waals surface area contributed by atoms with Crippen molar-refractivity contribution in [2.75, 3.05) is 27.2 Å². The first-order valence-corrected chi connectivity index (χ1v) is 9.52. The third-order valence-corrected chi connectivity index (χ3v) is 4.89. The molecular formula is C20H26N4O5. The van der Waals surface area contributed by atoms with Gasteiger partial charge in [0.15, 0.2) is 5.82 Å². The molecule has 156 valence electrons. The van der Waals surface area contributed by atoms with E-state index in [-0.39, 0.29) is 24.5 Å². The fourth-order valence-electron chi connectivity index (χ4n) is 3.26. The van der Waals surface area contributed by atoms with Gasteiger partial charge in [0.2, 0.25) is 11.8 Å². The van der Waals surface area contributed by atoms with E-state index < -0.39 is 0 Å². The summed E-state index contributed by atoms with van der Waals surface area (Å²) in [6, 6.07) is 5.17. The maximum Gasteiger partial charge on any atom is 0.257 e. The average molecular weight is 402 g/mol. The number of rotatable bonds is 6. The molecular weight excluding hydrogens is 376 g/mol. The molecule has 1 saturated heterocycles. The van der Waals surface area contributed by atoms with E-state index in [1.54, 1.807) is 51.1 Å². The van der Waals surface area contributed by atoms with E-state index in [9.17, 15) is 9.59 Å². The van der Waals surface area contributed by atoms with Crippen molar-refractivity contribution in [3.05, 3.63) is 35.5 Å². The van der Waals surface area contributed by atoms with Crippen LogP contribution in [-0.2, 0) is 11.3 Å². The lowest BCUT2D eigenvalue weighted by Gasteiger charge is -2.32. The Kier molecular flexibility index (Phi) is 6.36. The third kappa shape index (κ3) is 5.04. The number of ether oxygens (including phenoxy) is 2. The molecule has 0 N–H and O–H groups in total. The molecule has 0 atom stereocenters. The summed E-state index contributed by atoms with van der Waals surface area (Å²) in [5.41, 5.74) is 0.400. The number of amides is 2. The van der Waals surface area contributed by atoms with Crippen LogP contribution >= 0.6 is 0 Å². The van der Waals surface area contributed by atoms with E-state index in [0.29, 0.717) is 41.9 Å². The van der Waals surface area contributed by atoms with E-state index in [0.717, 1.165) is 12.8 Å². The van der Waals surface area contributed by atoms with Crippen LogP contribution in [0.2, 0.25) is 0 Å². The van der Waals surface area contributed by atoms with Gasteiger partial charge in [0.1, 0.15) is 17.6 Å². The summed E-state index contributed by atoms with van der Waals surface area (Å²) in [7, 11) is 3.21. The highest BCUT2D eigenvalue weighted by Crippen LogP contribution is 2.28. The summed E-state index contributed by atoms with van der Waals surface area (Å²) in [6.45, 7) is 4.78. The predicted molar refractivity (Wildman–Crippen MR) is 104 cm³/mol. The standard InChI is InChI=1S/C20H26N4O5/c1-13-21-19(29-22-13)12-23(3)20(26)17-11-16(27-4)5-6-18(17)28-15-7-9-24(10-8-15)14(2)25/h5-6,11,15H,7-10,12H2,1-4H3. The molecule has 2 aromatic rings. The normalized spacial score (nSPS) is 14.6. The van der Waals surface area contributed by atoms with Crippen LogP contribution in [0.4, 0.5) is 0 Å². The fraction of sp³-hybridized carbons (Fsp3) is 0.500. The summed E-state index contributed by atoms with van der Waals surface area (Å²) in [5, 5.41) is 3.75. The van der Waals surface area contributed by atoms with Gasteiger partial charge in [0, 0.05) is 39.9 Å². The Hall–Kier alpha value is -3.10. The number of methoxy groups -OCH3 is 1. The third-order valence-electron chi connectivity index (χ3n) is 4.89. The molecule has 0 bridgehead atoms. The van der Waals surface area contributed by atoms with Crippen molar-refractivity contribution < 1.29 is 23.6 Å². The minimum atomic E-state index is -0.240. The van der Waals surface area contributed by atoms with Crippen LogP contribution in [0.15, 0.2) is 22.7 Å². The molecule has 1 aromatic heterocycles. The molecule has 0 spiro atoms. The van der Waals surface area contributed by atoms with Gasteiger partial charge in [-0.15, -0.1) is 0 Å². The van der Waals surface area contributed by atoms with Gasteiger partial charge in [-0.25, -0.2) is 0 Å². The Labute approximate surface area is 169 Å². The Bertz CT molecular complexity index is 874. The summed E-state index contributed by atoms with van der Waals surface area (Å²) < 4.78 is 16.5.